The highest BCUT2D eigenvalue weighted by Crippen LogP contribution is 2.71. The summed E-state index contributed by atoms with van der Waals surface area (Å²) in [6.07, 6.45) is 0.332. The first-order valence-corrected chi connectivity index (χ1v) is 14.5. The Morgan fingerprint density at radius 2 is 1.76 bits per heavy atom. The lowest BCUT2D eigenvalue weighted by Crippen LogP contribution is -2.79. The van der Waals surface area contributed by atoms with Crippen molar-refractivity contribution in [3.63, 3.8) is 0 Å². The second kappa shape index (κ2) is 7.26. The Balaban J connectivity index is 1.61. The molecule has 2 amide bonds. The van der Waals surface area contributed by atoms with Crippen LogP contribution in [0.1, 0.15) is 31.9 Å². The second-order valence-corrected chi connectivity index (χ2v) is 13.0. The Morgan fingerprint density at radius 1 is 1.03 bits per heavy atom. The van der Waals surface area contributed by atoms with Crippen LogP contribution >= 0.6 is 21.6 Å². The maximum Gasteiger partial charge on any atom is 0.303 e. The van der Waals surface area contributed by atoms with Gasteiger partial charge in [0, 0.05) is 36.8 Å². The average Bonchev–Trinajstić information content (AvgIpc) is 3.51. The molecule has 8 rings (SSSR count). The normalized spacial score (nSPS) is 33.5. The van der Waals surface area contributed by atoms with E-state index in [1.807, 2.05) is 68.6 Å². The maximum atomic E-state index is 14.6. The average molecular weight is 535 g/mol. The number of esters is 1. The number of fused-ring (bicyclic) bond motifs is 6. The number of benzene rings is 2. The number of ether oxygens (including phenoxy) is 1. The Bertz CT molecular complexity index is 1520. The van der Waals surface area contributed by atoms with E-state index in [2.05, 4.69) is 10.3 Å². The van der Waals surface area contributed by atoms with Crippen LogP contribution in [0.2, 0.25) is 0 Å². The van der Waals surface area contributed by atoms with Crippen LogP contribution in [0.3, 0.4) is 0 Å². The number of nitrogens with one attached hydrogen (secondary N) is 2. The van der Waals surface area contributed by atoms with Crippen LogP contribution in [0.15, 0.2) is 54.7 Å². The molecule has 2 bridgehead atoms. The number of aromatic nitrogens is 1. The Kier molecular flexibility index (Phi) is 4.52. The van der Waals surface area contributed by atoms with Crippen molar-refractivity contribution in [2.75, 3.05) is 12.4 Å². The van der Waals surface area contributed by atoms with Crippen molar-refractivity contribution >= 4 is 56.0 Å². The van der Waals surface area contributed by atoms with Gasteiger partial charge in [-0.1, -0.05) is 61.0 Å². The van der Waals surface area contributed by atoms with E-state index in [0.29, 0.717) is 0 Å². The molecule has 5 aliphatic heterocycles. The van der Waals surface area contributed by atoms with E-state index in [1.165, 1.54) is 28.5 Å². The highest BCUT2D eigenvalue weighted by Gasteiger charge is 2.84. The molecule has 4 saturated heterocycles. The third-order valence-electron chi connectivity index (χ3n) is 8.51. The van der Waals surface area contributed by atoms with Crippen molar-refractivity contribution in [3.8, 4) is 0 Å². The summed E-state index contributed by atoms with van der Waals surface area (Å²) < 4.78 is 6.24. The highest BCUT2D eigenvalue weighted by molar-refractivity contribution is 8.78. The van der Waals surface area contributed by atoms with Crippen LogP contribution in [0.4, 0.5) is 5.69 Å². The van der Waals surface area contributed by atoms with Gasteiger partial charge in [-0.05, 0) is 40.0 Å². The molecule has 0 saturated carbocycles. The molecule has 8 nitrogen and oxygen atoms in total. The number of carbonyl (C=O) groups excluding carboxylic acids is 3. The second-order valence-electron chi connectivity index (χ2n) is 10.5. The number of hydrogen-bond acceptors (Lipinski definition) is 7. The summed E-state index contributed by atoms with van der Waals surface area (Å²) >= 11 is 0. The fraction of sp³-hybridized carbons (Fsp3) is 0.370. The predicted molar refractivity (Wildman–Crippen MR) is 144 cm³/mol. The van der Waals surface area contributed by atoms with E-state index in [1.54, 1.807) is 16.8 Å². The summed E-state index contributed by atoms with van der Waals surface area (Å²) in [6, 6.07) is 15.8. The lowest BCUT2D eigenvalue weighted by molar-refractivity contribution is -0.173. The fourth-order valence-electron chi connectivity index (χ4n) is 7.00. The zero-order chi connectivity index (χ0) is 25.9. The van der Waals surface area contributed by atoms with Gasteiger partial charge in [0.25, 0.3) is 11.8 Å². The van der Waals surface area contributed by atoms with Gasteiger partial charge in [-0.3, -0.25) is 19.3 Å². The first-order chi connectivity index (χ1) is 17.7. The monoisotopic (exact) mass is 534 g/mol. The minimum Gasteiger partial charge on any atom is -0.457 e. The van der Waals surface area contributed by atoms with E-state index in [4.69, 9.17) is 4.74 Å². The number of rotatable bonds is 3. The summed E-state index contributed by atoms with van der Waals surface area (Å²) in [6.45, 7) is 5.30. The molecular weight excluding hydrogens is 508 g/mol. The molecule has 1 spiro atoms. The topological polar surface area (TPSA) is 94.7 Å². The summed E-state index contributed by atoms with van der Waals surface area (Å²) in [5.41, 5.74) is 2.54. The van der Waals surface area contributed by atoms with Gasteiger partial charge in [0.1, 0.15) is 11.6 Å². The zero-order valence-corrected chi connectivity index (χ0v) is 22.4. The number of likely N-dealkylation sites (N-methyl/N-ethyl adjacent to an activating group) is 1. The number of anilines is 1. The summed E-state index contributed by atoms with van der Waals surface area (Å²) in [5.74, 6) is -0.992. The van der Waals surface area contributed by atoms with E-state index in [0.717, 1.165) is 27.7 Å². The third kappa shape index (κ3) is 2.38. The van der Waals surface area contributed by atoms with E-state index in [9.17, 15) is 14.4 Å². The lowest BCUT2D eigenvalue weighted by Gasteiger charge is -2.60. The van der Waals surface area contributed by atoms with Gasteiger partial charge < -0.3 is 19.9 Å². The number of piperazine rings is 1. The quantitative estimate of drug-likeness (QED) is 0.389. The SMILES string of the molecule is CC(=O)O[C@@H]1[C@]2(c3c[nH]c4ccccc34)c3ccccc3N[C@@H]2N2C(=O)[C@]3(C(C)C)SS[C@]12C(=O)N3C. The van der Waals surface area contributed by atoms with Crippen LogP contribution in [-0.2, 0) is 24.5 Å². The number of amides is 2. The lowest BCUT2D eigenvalue weighted by atomic mass is 9.70. The van der Waals surface area contributed by atoms with E-state index in [-0.39, 0.29) is 17.7 Å². The van der Waals surface area contributed by atoms with Crippen molar-refractivity contribution in [3.05, 3.63) is 65.9 Å². The van der Waals surface area contributed by atoms with Crippen molar-refractivity contribution in [1.29, 1.82) is 0 Å². The predicted octanol–water partition coefficient (Wildman–Crippen LogP) is 3.90. The minimum atomic E-state index is -1.43. The summed E-state index contributed by atoms with van der Waals surface area (Å²) in [5, 5.41) is 4.56. The molecule has 0 unspecified atom stereocenters. The van der Waals surface area contributed by atoms with Crippen LogP contribution in [0, 0.1) is 5.92 Å². The van der Waals surface area contributed by atoms with Crippen LogP contribution < -0.4 is 5.32 Å². The van der Waals surface area contributed by atoms with Crippen molar-refractivity contribution in [1.82, 2.24) is 14.8 Å². The molecule has 6 heterocycles. The van der Waals surface area contributed by atoms with Gasteiger partial charge in [0.05, 0.1) is 0 Å². The van der Waals surface area contributed by atoms with Gasteiger partial charge in [-0.15, -0.1) is 0 Å². The van der Waals surface area contributed by atoms with Crippen molar-refractivity contribution in [2.24, 2.45) is 5.92 Å². The van der Waals surface area contributed by atoms with Crippen LogP contribution in [0.5, 0.6) is 0 Å². The van der Waals surface area contributed by atoms with E-state index < -0.39 is 33.4 Å². The molecule has 1 aromatic heterocycles. The Labute approximate surface area is 221 Å². The smallest absolute Gasteiger partial charge is 0.303 e. The molecule has 37 heavy (non-hydrogen) atoms. The summed E-state index contributed by atoms with van der Waals surface area (Å²) in [7, 11) is 4.47. The number of H-pyrrole nitrogens is 1. The molecule has 5 aliphatic rings. The Hall–Kier alpha value is -3.11. The first-order valence-electron chi connectivity index (χ1n) is 12.3. The largest absolute Gasteiger partial charge is 0.457 e. The van der Waals surface area contributed by atoms with Gasteiger partial charge in [0.15, 0.2) is 11.0 Å². The first kappa shape index (κ1) is 23.0. The number of para-hydroxylation sites is 2. The maximum absolute atomic E-state index is 14.6. The molecule has 3 aromatic rings. The van der Waals surface area contributed by atoms with Gasteiger partial charge in [-0.2, -0.15) is 0 Å². The fourth-order valence-corrected chi connectivity index (χ4v) is 11.2. The van der Waals surface area contributed by atoms with Gasteiger partial charge in [-0.25, -0.2) is 0 Å². The third-order valence-corrected chi connectivity index (χ3v) is 12.4. The Morgan fingerprint density at radius 3 is 2.51 bits per heavy atom. The molecule has 190 valence electrons. The molecule has 5 atom stereocenters. The van der Waals surface area contributed by atoms with Crippen LogP contribution in [-0.4, -0.2) is 61.6 Å². The standard InChI is InChI=1S/C27H26N4O4S2/c1-14(2)26-24(34)31-22-25(17-10-6-8-12-20(17)29-22,18-13-28-19-11-7-5-9-16(18)19)21(35-15(3)32)27(31,37-36-26)23(33)30(26)4/h5-14,21-22,28-29H,1-4H3/t21-,22-,25-,26+,27+/m1/s1. The number of hydrogen-bond donors (Lipinski definition) is 2. The molecular formula is C27H26N4O4S2. The van der Waals surface area contributed by atoms with Crippen molar-refractivity contribution in [2.45, 2.75) is 48.2 Å². The van der Waals surface area contributed by atoms with Gasteiger partial charge in [0.2, 0.25) is 4.87 Å². The van der Waals surface area contributed by atoms with Gasteiger partial charge >= 0.3 is 5.97 Å². The molecule has 0 radical (unpaired) electrons. The number of carbonyl (C=O) groups is 3. The molecule has 10 heteroatoms. The van der Waals surface area contributed by atoms with Crippen LogP contribution in [0.25, 0.3) is 10.9 Å². The molecule has 2 aromatic carbocycles. The summed E-state index contributed by atoms with van der Waals surface area (Å²) in [4.78, 5) is 46.0. The van der Waals surface area contributed by atoms with E-state index >= 15 is 0 Å². The molecule has 4 fully saturated rings. The number of nitrogens with zero attached hydrogens (tertiary/aromatic N) is 2. The zero-order valence-electron chi connectivity index (χ0n) is 20.8. The molecule has 2 N–H and O–H groups in total. The minimum absolute atomic E-state index is 0.135. The van der Waals surface area contributed by atoms with Crippen molar-refractivity contribution < 1.29 is 19.1 Å². The molecule has 0 aliphatic carbocycles. The highest BCUT2D eigenvalue weighted by atomic mass is 33.1. The number of aromatic amines is 1.